The number of allylic oxidation sites excluding steroid dienone is 1. The first-order chi connectivity index (χ1) is 14.5. The van der Waals surface area contributed by atoms with Gasteiger partial charge in [-0.3, -0.25) is 14.2 Å². The number of hydrogen-bond donors (Lipinski definition) is 1. The van der Waals surface area contributed by atoms with E-state index in [4.69, 9.17) is 4.98 Å². The molecule has 2 aromatic heterocycles. The molecule has 0 atom stereocenters. The van der Waals surface area contributed by atoms with Gasteiger partial charge < -0.3 is 5.32 Å². The molecule has 0 saturated carbocycles. The Morgan fingerprint density at radius 3 is 2.33 bits per heavy atom. The van der Waals surface area contributed by atoms with Gasteiger partial charge in [-0.2, -0.15) is 0 Å². The summed E-state index contributed by atoms with van der Waals surface area (Å²) in [5.41, 5.74) is 3.55. The second kappa shape index (κ2) is 8.17. The third-order valence-corrected chi connectivity index (χ3v) is 4.68. The van der Waals surface area contributed by atoms with Gasteiger partial charge in [0.25, 0.3) is 0 Å². The third-order valence-electron chi connectivity index (χ3n) is 4.68. The van der Waals surface area contributed by atoms with Crippen molar-refractivity contribution in [2.45, 2.75) is 13.8 Å². The number of benzene rings is 2. The Morgan fingerprint density at radius 1 is 1.00 bits per heavy atom. The van der Waals surface area contributed by atoms with Crippen LogP contribution in [0.2, 0.25) is 0 Å². The maximum Gasteiger partial charge on any atom is 0.193 e. The van der Waals surface area contributed by atoms with Crippen LogP contribution in [-0.2, 0) is 4.79 Å². The van der Waals surface area contributed by atoms with Gasteiger partial charge in [0.1, 0.15) is 5.82 Å². The quantitative estimate of drug-likeness (QED) is 0.481. The number of nitrogens with one attached hydrogen (secondary N) is 1. The summed E-state index contributed by atoms with van der Waals surface area (Å²) in [6.07, 6.45) is 3.15. The van der Waals surface area contributed by atoms with Gasteiger partial charge in [0.05, 0.1) is 5.39 Å². The Balaban J connectivity index is 2.05. The normalized spacial score (nSPS) is 11.1. The Bertz CT molecular complexity index is 1310. The average molecular weight is 395 g/mol. The highest BCUT2D eigenvalue weighted by molar-refractivity contribution is 5.96. The lowest BCUT2D eigenvalue weighted by molar-refractivity contribution is -0.112. The molecule has 148 valence electrons. The zero-order chi connectivity index (χ0) is 21.1. The summed E-state index contributed by atoms with van der Waals surface area (Å²) in [6, 6.07) is 22.8. The van der Waals surface area contributed by atoms with Crippen LogP contribution in [0.5, 0.6) is 0 Å². The lowest BCUT2D eigenvalue weighted by Gasteiger charge is -2.19. The van der Waals surface area contributed by atoms with Gasteiger partial charge in [-0.1, -0.05) is 42.5 Å². The lowest BCUT2D eigenvalue weighted by atomic mass is 10.1. The fourth-order valence-corrected chi connectivity index (χ4v) is 3.41. The topological polar surface area (TPSA) is 64.0 Å². The number of fused-ring (bicyclic) bond motifs is 1. The standard InChI is InChI=1S/C25H21N3O2/c1-17-15-19(14-13-18(2)29)24-22(30)16-23(27-20-9-5-3-6-10-20)28(25(24)26-17)21-11-7-4-8-12-21/h3-16,27H,1-2H3/b14-13+. The second-order valence-corrected chi connectivity index (χ2v) is 7.05. The summed E-state index contributed by atoms with van der Waals surface area (Å²) in [5.74, 6) is 0.535. The summed E-state index contributed by atoms with van der Waals surface area (Å²) >= 11 is 0. The van der Waals surface area contributed by atoms with Gasteiger partial charge in [-0.25, -0.2) is 4.98 Å². The maximum atomic E-state index is 13.1. The van der Waals surface area contributed by atoms with E-state index in [9.17, 15) is 9.59 Å². The first kappa shape index (κ1) is 19.3. The van der Waals surface area contributed by atoms with E-state index in [1.54, 1.807) is 12.1 Å². The van der Waals surface area contributed by atoms with Gasteiger partial charge in [-0.15, -0.1) is 0 Å². The molecule has 0 aliphatic heterocycles. The highest BCUT2D eigenvalue weighted by atomic mass is 16.1. The Labute approximate surface area is 174 Å². The Hall–Kier alpha value is -3.99. The van der Waals surface area contributed by atoms with Crippen LogP contribution in [0, 0.1) is 6.92 Å². The molecule has 0 aliphatic carbocycles. The van der Waals surface area contributed by atoms with Gasteiger partial charge in [-0.05, 0) is 55.8 Å². The molecule has 4 aromatic rings. The molecule has 0 aliphatic rings. The highest BCUT2D eigenvalue weighted by Gasteiger charge is 2.15. The molecule has 0 amide bonds. The van der Waals surface area contributed by atoms with Crippen molar-refractivity contribution in [3.8, 4) is 5.69 Å². The number of pyridine rings is 2. The molecule has 0 radical (unpaired) electrons. The Kier molecular flexibility index (Phi) is 5.26. The van der Waals surface area contributed by atoms with E-state index in [0.29, 0.717) is 22.4 Å². The monoisotopic (exact) mass is 395 g/mol. The van der Waals surface area contributed by atoms with Crippen LogP contribution in [0.25, 0.3) is 22.8 Å². The number of carbonyl (C=O) groups is 1. The summed E-state index contributed by atoms with van der Waals surface area (Å²) in [7, 11) is 0. The predicted octanol–water partition coefficient (Wildman–Crippen LogP) is 5.04. The smallest absolute Gasteiger partial charge is 0.193 e. The second-order valence-electron chi connectivity index (χ2n) is 7.05. The van der Waals surface area contributed by atoms with Crippen LogP contribution in [0.15, 0.2) is 83.7 Å². The number of hydrogen-bond acceptors (Lipinski definition) is 4. The van der Waals surface area contributed by atoms with Crippen molar-refractivity contribution in [3.05, 3.63) is 100 Å². The summed E-state index contributed by atoms with van der Waals surface area (Å²) < 4.78 is 1.93. The molecule has 0 spiro atoms. The molecule has 0 bridgehead atoms. The van der Waals surface area contributed by atoms with E-state index in [2.05, 4.69) is 5.32 Å². The van der Waals surface area contributed by atoms with E-state index < -0.39 is 0 Å². The summed E-state index contributed by atoms with van der Waals surface area (Å²) in [6.45, 7) is 3.36. The number of rotatable bonds is 5. The van der Waals surface area contributed by atoms with Crippen molar-refractivity contribution in [1.29, 1.82) is 0 Å². The van der Waals surface area contributed by atoms with Gasteiger partial charge in [0, 0.05) is 23.1 Å². The number of carbonyl (C=O) groups excluding carboxylic acids is 1. The fourth-order valence-electron chi connectivity index (χ4n) is 3.41. The number of nitrogens with zero attached hydrogens (tertiary/aromatic N) is 2. The molecule has 2 aromatic carbocycles. The average Bonchev–Trinajstić information content (AvgIpc) is 2.73. The Morgan fingerprint density at radius 2 is 1.67 bits per heavy atom. The van der Waals surface area contributed by atoms with Gasteiger partial charge in [0.2, 0.25) is 0 Å². The number of anilines is 2. The molecule has 1 N–H and O–H groups in total. The minimum atomic E-state index is -0.161. The number of aryl methyl sites for hydroxylation is 1. The van der Waals surface area contributed by atoms with Gasteiger partial charge >= 0.3 is 0 Å². The van der Waals surface area contributed by atoms with Gasteiger partial charge in [0.15, 0.2) is 16.9 Å². The highest BCUT2D eigenvalue weighted by Crippen LogP contribution is 2.26. The van der Waals surface area contributed by atoms with Crippen molar-refractivity contribution in [1.82, 2.24) is 9.55 Å². The molecule has 30 heavy (non-hydrogen) atoms. The van der Waals surface area contributed by atoms with Crippen molar-refractivity contribution in [2.24, 2.45) is 0 Å². The van der Waals surface area contributed by atoms with Crippen LogP contribution in [0.3, 0.4) is 0 Å². The predicted molar refractivity (Wildman–Crippen MR) is 122 cm³/mol. The van der Waals surface area contributed by atoms with E-state index in [1.807, 2.05) is 78.2 Å². The molecular formula is C25H21N3O2. The van der Waals surface area contributed by atoms with E-state index in [1.165, 1.54) is 13.0 Å². The zero-order valence-electron chi connectivity index (χ0n) is 16.8. The van der Waals surface area contributed by atoms with Crippen molar-refractivity contribution in [3.63, 3.8) is 0 Å². The minimum Gasteiger partial charge on any atom is -0.341 e. The largest absolute Gasteiger partial charge is 0.341 e. The summed E-state index contributed by atoms with van der Waals surface area (Å²) in [4.78, 5) is 29.3. The van der Waals surface area contributed by atoms with Crippen LogP contribution in [-0.4, -0.2) is 15.3 Å². The van der Waals surface area contributed by atoms with Crippen LogP contribution in [0.1, 0.15) is 18.2 Å². The lowest BCUT2D eigenvalue weighted by Crippen LogP contribution is -2.15. The third kappa shape index (κ3) is 3.91. The molecule has 0 unspecified atom stereocenters. The molecule has 5 heteroatoms. The molecule has 0 saturated heterocycles. The van der Waals surface area contributed by atoms with Crippen LogP contribution < -0.4 is 10.7 Å². The molecule has 0 fully saturated rings. The number of ketones is 1. The SMILES string of the molecule is CC(=O)/C=C/c1cc(C)nc2c1c(=O)cc(Nc1ccccc1)n2-c1ccccc1. The van der Waals surface area contributed by atoms with Crippen molar-refractivity contribution >= 4 is 34.4 Å². The number of para-hydroxylation sites is 2. The molecular weight excluding hydrogens is 374 g/mol. The first-order valence-electron chi connectivity index (χ1n) is 9.66. The number of aromatic nitrogens is 2. The minimum absolute atomic E-state index is 0.0802. The van der Waals surface area contributed by atoms with Crippen molar-refractivity contribution in [2.75, 3.05) is 5.32 Å². The molecule has 2 heterocycles. The van der Waals surface area contributed by atoms with Crippen LogP contribution in [0.4, 0.5) is 11.5 Å². The van der Waals surface area contributed by atoms with E-state index in [0.717, 1.165) is 17.1 Å². The zero-order valence-corrected chi connectivity index (χ0v) is 16.8. The fraction of sp³-hybridized carbons (Fsp3) is 0.0800. The first-order valence-corrected chi connectivity index (χ1v) is 9.66. The van der Waals surface area contributed by atoms with Crippen LogP contribution >= 0.6 is 0 Å². The molecule has 4 rings (SSSR count). The summed E-state index contributed by atoms with van der Waals surface area (Å²) in [5, 5.41) is 3.82. The van der Waals surface area contributed by atoms with Crippen molar-refractivity contribution < 1.29 is 4.79 Å². The van der Waals surface area contributed by atoms with E-state index in [-0.39, 0.29) is 11.2 Å². The van der Waals surface area contributed by atoms with E-state index >= 15 is 0 Å². The maximum absolute atomic E-state index is 13.1. The molecule has 5 nitrogen and oxygen atoms in total.